The maximum atomic E-state index is 10.4. The Hall–Kier alpha value is -1.03. The highest BCUT2D eigenvalue weighted by Gasteiger charge is 2.26. The molecule has 1 aromatic heterocycles. The van der Waals surface area contributed by atoms with Gasteiger partial charge < -0.3 is 15.4 Å². The van der Waals surface area contributed by atoms with E-state index in [1.165, 1.54) is 0 Å². The van der Waals surface area contributed by atoms with E-state index >= 15 is 0 Å². The summed E-state index contributed by atoms with van der Waals surface area (Å²) in [5.41, 5.74) is 1.84. The summed E-state index contributed by atoms with van der Waals surface area (Å²) in [6.07, 6.45) is 3.55. The topological polar surface area (TPSA) is 48.0 Å². The van der Waals surface area contributed by atoms with Crippen molar-refractivity contribution in [2.45, 2.75) is 25.0 Å². The fourth-order valence-electron chi connectivity index (χ4n) is 2.58. The van der Waals surface area contributed by atoms with Gasteiger partial charge in [-0.15, -0.1) is 0 Å². The molecule has 3 rings (SSSR count). The van der Waals surface area contributed by atoms with Crippen LogP contribution in [0, 0.1) is 0 Å². The highest BCUT2D eigenvalue weighted by atomic mass is 35.5. The van der Waals surface area contributed by atoms with Crippen molar-refractivity contribution < 1.29 is 5.11 Å². The van der Waals surface area contributed by atoms with Crippen LogP contribution in [-0.2, 0) is 0 Å². The normalized spacial score (nSPS) is 22.1. The highest BCUT2D eigenvalue weighted by molar-refractivity contribution is 6.35. The first kappa shape index (κ1) is 11.1. The van der Waals surface area contributed by atoms with E-state index in [1.807, 2.05) is 24.4 Å². The molecule has 3 N–H and O–H groups in total. The van der Waals surface area contributed by atoms with Crippen LogP contribution in [0.15, 0.2) is 24.4 Å². The fraction of sp³-hybridized carbons (Fsp3) is 0.385. The van der Waals surface area contributed by atoms with Crippen molar-refractivity contribution in [3.05, 3.63) is 35.0 Å². The average molecular weight is 251 g/mol. The summed E-state index contributed by atoms with van der Waals surface area (Å²) in [7, 11) is 0. The van der Waals surface area contributed by atoms with Gasteiger partial charge in [0.1, 0.15) is 0 Å². The van der Waals surface area contributed by atoms with Gasteiger partial charge in [0.15, 0.2) is 0 Å². The molecule has 0 bridgehead atoms. The van der Waals surface area contributed by atoms with Gasteiger partial charge in [-0.2, -0.15) is 0 Å². The van der Waals surface area contributed by atoms with Crippen LogP contribution in [0.3, 0.4) is 0 Å². The minimum Gasteiger partial charge on any atom is -0.387 e. The molecule has 90 valence electrons. The van der Waals surface area contributed by atoms with E-state index in [0.29, 0.717) is 5.02 Å². The van der Waals surface area contributed by atoms with Gasteiger partial charge in [0.2, 0.25) is 0 Å². The molecule has 0 aliphatic carbocycles. The minimum atomic E-state index is -0.468. The van der Waals surface area contributed by atoms with Gasteiger partial charge in [-0.05, 0) is 25.5 Å². The molecule has 0 spiro atoms. The number of fused-ring (bicyclic) bond motifs is 1. The molecule has 4 heteroatoms. The van der Waals surface area contributed by atoms with E-state index in [9.17, 15) is 5.11 Å². The molecule has 2 aromatic rings. The van der Waals surface area contributed by atoms with Gasteiger partial charge in [-0.3, -0.25) is 0 Å². The fourth-order valence-corrected chi connectivity index (χ4v) is 2.81. The maximum Gasteiger partial charge on any atom is 0.0963 e. The van der Waals surface area contributed by atoms with Crippen LogP contribution in [0.5, 0.6) is 0 Å². The lowest BCUT2D eigenvalue weighted by molar-refractivity contribution is 0.139. The molecule has 1 saturated heterocycles. The van der Waals surface area contributed by atoms with Crippen LogP contribution in [0.2, 0.25) is 5.02 Å². The first-order valence-corrected chi connectivity index (χ1v) is 6.32. The Morgan fingerprint density at radius 3 is 3.06 bits per heavy atom. The van der Waals surface area contributed by atoms with Crippen molar-refractivity contribution in [1.29, 1.82) is 0 Å². The van der Waals surface area contributed by atoms with E-state index < -0.39 is 6.10 Å². The van der Waals surface area contributed by atoms with Crippen LogP contribution in [-0.4, -0.2) is 22.7 Å². The second-order valence-corrected chi connectivity index (χ2v) is 4.96. The lowest BCUT2D eigenvalue weighted by Gasteiger charge is -2.17. The number of aliphatic hydroxyl groups excluding tert-OH is 1. The molecule has 2 atom stereocenters. The first-order valence-electron chi connectivity index (χ1n) is 5.94. The Morgan fingerprint density at radius 1 is 1.41 bits per heavy atom. The summed E-state index contributed by atoms with van der Waals surface area (Å²) < 4.78 is 0. The number of nitrogens with one attached hydrogen (secondary N) is 2. The highest BCUT2D eigenvalue weighted by Crippen LogP contribution is 2.31. The summed E-state index contributed by atoms with van der Waals surface area (Å²) in [5, 5.41) is 15.4. The Balaban J connectivity index is 2.02. The van der Waals surface area contributed by atoms with Crippen molar-refractivity contribution in [3.63, 3.8) is 0 Å². The Bertz CT molecular complexity index is 531. The van der Waals surface area contributed by atoms with Crippen LogP contribution in [0.25, 0.3) is 10.9 Å². The molecule has 2 unspecified atom stereocenters. The number of aromatic amines is 1. The quantitative estimate of drug-likeness (QED) is 0.767. The molecule has 0 radical (unpaired) electrons. The molecule has 1 aliphatic rings. The van der Waals surface area contributed by atoms with E-state index in [0.717, 1.165) is 35.9 Å². The van der Waals surface area contributed by atoms with Gasteiger partial charge in [0, 0.05) is 23.2 Å². The second kappa shape index (κ2) is 4.33. The van der Waals surface area contributed by atoms with E-state index in [-0.39, 0.29) is 6.04 Å². The van der Waals surface area contributed by atoms with E-state index in [4.69, 9.17) is 11.6 Å². The number of aromatic nitrogens is 1. The largest absolute Gasteiger partial charge is 0.387 e. The summed E-state index contributed by atoms with van der Waals surface area (Å²) in [5.74, 6) is 0. The minimum absolute atomic E-state index is 0.160. The smallest absolute Gasteiger partial charge is 0.0963 e. The third-order valence-corrected chi connectivity index (χ3v) is 3.81. The van der Waals surface area contributed by atoms with Gasteiger partial charge in [-0.25, -0.2) is 0 Å². The third kappa shape index (κ3) is 1.84. The van der Waals surface area contributed by atoms with Crippen LogP contribution in [0.1, 0.15) is 24.5 Å². The standard InChI is InChI=1S/C13H15ClN2O/c14-10-4-1-3-8-9(7-16-12(8)10)13(17)11-5-2-6-15-11/h1,3-4,7,11,13,15-17H,2,5-6H2. The first-order chi connectivity index (χ1) is 8.27. The van der Waals surface area contributed by atoms with Gasteiger partial charge in [0.25, 0.3) is 0 Å². The molecule has 2 heterocycles. The van der Waals surface area contributed by atoms with Crippen LogP contribution in [0.4, 0.5) is 0 Å². The Kier molecular flexibility index (Phi) is 2.82. The van der Waals surface area contributed by atoms with Crippen molar-refractivity contribution >= 4 is 22.5 Å². The van der Waals surface area contributed by atoms with Crippen molar-refractivity contribution in [1.82, 2.24) is 10.3 Å². The van der Waals surface area contributed by atoms with Gasteiger partial charge >= 0.3 is 0 Å². The predicted molar refractivity (Wildman–Crippen MR) is 69.3 cm³/mol. The summed E-state index contributed by atoms with van der Waals surface area (Å²) in [6, 6.07) is 5.92. The summed E-state index contributed by atoms with van der Waals surface area (Å²) >= 11 is 6.11. The van der Waals surface area contributed by atoms with Crippen LogP contribution >= 0.6 is 11.6 Å². The van der Waals surface area contributed by atoms with E-state index in [1.54, 1.807) is 0 Å². The lowest BCUT2D eigenvalue weighted by atomic mass is 10.0. The zero-order chi connectivity index (χ0) is 11.8. The van der Waals surface area contributed by atoms with Crippen molar-refractivity contribution in [2.75, 3.05) is 6.54 Å². The zero-order valence-electron chi connectivity index (χ0n) is 9.41. The molecule has 1 fully saturated rings. The number of aliphatic hydroxyl groups is 1. The summed E-state index contributed by atoms with van der Waals surface area (Å²) in [4.78, 5) is 3.14. The van der Waals surface area contributed by atoms with Crippen molar-refractivity contribution in [3.8, 4) is 0 Å². The number of hydrogen-bond donors (Lipinski definition) is 3. The number of benzene rings is 1. The maximum absolute atomic E-state index is 10.4. The lowest BCUT2D eigenvalue weighted by Crippen LogP contribution is -2.28. The number of rotatable bonds is 2. The van der Waals surface area contributed by atoms with Crippen LogP contribution < -0.4 is 5.32 Å². The average Bonchev–Trinajstić information content (AvgIpc) is 2.98. The summed E-state index contributed by atoms with van der Waals surface area (Å²) in [6.45, 7) is 0.991. The number of H-pyrrole nitrogens is 1. The molecular weight excluding hydrogens is 236 g/mol. The predicted octanol–water partition coefficient (Wildman–Crippen LogP) is 2.61. The van der Waals surface area contributed by atoms with Gasteiger partial charge in [-0.1, -0.05) is 23.7 Å². The van der Waals surface area contributed by atoms with Gasteiger partial charge in [0.05, 0.1) is 16.6 Å². The SMILES string of the molecule is OC(c1c[nH]c2c(Cl)cccc12)C1CCCN1. The monoisotopic (exact) mass is 250 g/mol. The molecular formula is C13H15ClN2O. The number of halogens is 1. The van der Waals surface area contributed by atoms with E-state index in [2.05, 4.69) is 10.3 Å². The molecule has 0 saturated carbocycles. The number of hydrogen-bond acceptors (Lipinski definition) is 2. The Labute approximate surface area is 105 Å². The second-order valence-electron chi connectivity index (χ2n) is 4.55. The number of para-hydroxylation sites is 1. The molecule has 0 amide bonds. The molecule has 1 aromatic carbocycles. The van der Waals surface area contributed by atoms with Crippen molar-refractivity contribution in [2.24, 2.45) is 0 Å². The molecule has 17 heavy (non-hydrogen) atoms. The zero-order valence-corrected chi connectivity index (χ0v) is 10.2. The third-order valence-electron chi connectivity index (χ3n) is 3.49. The Morgan fingerprint density at radius 2 is 2.29 bits per heavy atom. The molecule has 1 aliphatic heterocycles. The molecule has 3 nitrogen and oxygen atoms in total.